The van der Waals surface area contributed by atoms with Gasteiger partial charge >= 0.3 is 0 Å². The Labute approximate surface area is 308 Å². The molecule has 0 radical (unpaired) electrons. The van der Waals surface area contributed by atoms with E-state index >= 15 is 4.11 Å². The molecule has 0 bridgehead atoms. The number of carbonyl (C=O) groups is 2. The molecular weight excluding hydrogens is 697 g/mol. The third-order valence-corrected chi connectivity index (χ3v) is 13.1. The van der Waals surface area contributed by atoms with Gasteiger partial charge in [-0.25, -0.2) is 0 Å². The molecule has 1 spiro atoms. The summed E-state index contributed by atoms with van der Waals surface area (Å²) in [4.78, 5) is 29.4. The highest BCUT2D eigenvalue weighted by Crippen LogP contribution is 2.60. The number of aliphatic hydroxyl groups excluding tert-OH is 1. The molecule has 7 rings (SSSR count). The highest BCUT2D eigenvalue weighted by Gasteiger charge is 2.66. The Morgan fingerprint density at radius 1 is 1.04 bits per heavy atom. The number of fused-ring (bicyclic) bond motifs is 2. The second-order valence-corrected chi connectivity index (χ2v) is 18.4. The lowest BCUT2D eigenvalue weighted by Gasteiger charge is -2.31. The monoisotopic (exact) mass is 737 g/mol. The Hall–Kier alpha value is -4.68. The summed E-state index contributed by atoms with van der Waals surface area (Å²) in [6.07, 6.45) is 1.63. The first kappa shape index (κ1) is 35.7. The number of amides is 2. The van der Waals surface area contributed by atoms with Crippen molar-refractivity contribution in [3.63, 3.8) is 0 Å². The van der Waals surface area contributed by atoms with Gasteiger partial charge in [-0.3, -0.25) is 14.3 Å². The molecular formula is C40H41ClFN5O4Si. The number of carbonyl (C=O) groups excluding carboxylic acids is 2. The Bertz CT molecular complexity index is 2080. The molecule has 0 saturated carbocycles. The highest BCUT2D eigenvalue weighted by molar-refractivity contribution is 6.72. The molecule has 52 heavy (non-hydrogen) atoms. The van der Waals surface area contributed by atoms with Crippen LogP contribution < -0.4 is 10.2 Å². The van der Waals surface area contributed by atoms with Crippen molar-refractivity contribution < 1.29 is 23.5 Å². The highest BCUT2D eigenvalue weighted by atomic mass is 35.5. The molecule has 2 amide bonds. The van der Waals surface area contributed by atoms with Gasteiger partial charge in [-0.05, 0) is 73.1 Å². The number of nitrogens with one attached hydrogen (secondary N) is 1. The second-order valence-electron chi connectivity index (χ2n) is 14.2. The van der Waals surface area contributed by atoms with Crippen molar-refractivity contribution in [2.75, 3.05) is 16.8 Å². The minimum Gasteiger partial charge on any atom is -0.395 e. The van der Waals surface area contributed by atoms with Crippen molar-refractivity contribution in [3.05, 3.63) is 142 Å². The zero-order valence-electron chi connectivity index (χ0n) is 29.2. The third-order valence-electron chi connectivity index (χ3n) is 10.4. The van der Waals surface area contributed by atoms with Crippen LogP contribution in [0.4, 0.5) is 15.5 Å². The van der Waals surface area contributed by atoms with Gasteiger partial charge in [-0.2, -0.15) is 0 Å². The number of anilines is 2. The number of aliphatic hydroxyl groups is 1. The first-order chi connectivity index (χ1) is 25.0. The topological polar surface area (TPSA) is 110 Å². The fourth-order valence-corrected chi connectivity index (χ4v) is 10.8. The fraction of sp³-hybridized carbons (Fsp3) is 0.300. The molecule has 1 saturated heterocycles. The van der Waals surface area contributed by atoms with Gasteiger partial charge in [-0.15, -0.1) is 5.10 Å². The molecule has 0 aliphatic carbocycles. The van der Waals surface area contributed by atoms with Gasteiger partial charge < -0.3 is 24.2 Å². The van der Waals surface area contributed by atoms with Crippen molar-refractivity contribution >= 4 is 43.2 Å². The summed E-state index contributed by atoms with van der Waals surface area (Å²) in [7, 11) is -3.40. The summed E-state index contributed by atoms with van der Waals surface area (Å²) < 4.78 is 25.0. The predicted octanol–water partition coefficient (Wildman–Crippen LogP) is 7.72. The van der Waals surface area contributed by atoms with Crippen LogP contribution in [0.1, 0.15) is 52.0 Å². The zero-order valence-corrected chi connectivity index (χ0v) is 31.0. The van der Waals surface area contributed by atoms with Gasteiger partial charge in [0.15, 0.2) is 5.60 Å². The Morgan fingerprint density at radius 3 is 2.48 bits per heavy atom. The largest absolute Gasteiger partial charge is 0.395 e. The molecule has 5 aromatic rings. The second kappa shape index (κ2) is 14.4. The Balaban J connectivity index is 1.15. The number of benzene rings is 4. The number of hydrogen-bond acceptors (Lipinski definition) is 6. The minimum absolute atomic E-state index is 0.120. The van der Waals surface area contributed by atoms with Gasteiger partial charge in [0.05, 0.1) is 36.6 Å². The molecule has 5 atom stereocenters. The lowest BCUT2D eigenvalue weighted by Crippen LogP contribution is -2.45. The molecule has 12 heteroatoms. The molecule has 2 aliphatic rings. The van der Waals surface area contributed by atoms with Crippen LogP contribution in [-0.4, -0.2) is 53.0 Å². The number of ether oxygens (including phenoxy) is 1. The smallest absolute Gasteiger partial charge is 0.264 e. The van der Waals surface area contributed by atoms with E-state index in [-0.39, 0.29) is 30.9 Å². The van der Waals surface area contributed by atoms with E-state index in [4.69, 9.17) is 16.3 Å². The van der Waals surface area contributed by atoms with E-state index in [1.165, 1.54) is 0 Å². The number of rotatable bonds is 11. The lowest BCUT2D eigenvalue weighted by molar-refractivity contribution is -0.146. The first-order valence-corrected chi connectivity index (χ1v) is 20.8. The van der Waals surface area contributed by atoms with Crippen molar-refractivity contribution in [3.8, 4) is 0 Å². The summed E-state index contributed by atoms with van der Waals surface area (Å²) in [5, 5.41) is 22.2. The number of halogens is 2. The molecule has 1 aromatic heterocycles. The van der Waals surface area contributed by atoms with Crippen LogP contribution in [0.2, 0.25) is 23.7 Å². The van der Waals surface area contributed by atoms with E-state index < -0.39 is 31.6 Å². The number of aryl methyl sites for hydroxylation is 1. The molecule has 3 heterocycles. The van der Waals surface area contributed by atoms with Crippen LogP contribution in [0, 0.1) is 5.92 Å². The van der Waals surface area contributed by atoms with Gasteiger partial charge in [-0.1, -0.05) is 84.4 Å². The predicted molar refractivity (Wildman–Crippen MR) is 202 cm³/mol. The van der Waals surface area contributed by atoms with Gasteiger partial charge in [0.1, 0.15) is 0 Å². The van der Waals surface area contributed by atoms with Crippen molar-refractivity contribution in [2.24, 2.45) is 5.92 Å². The quantitative estimate of drug-likeness (QED) is 0.106. The molecule has 2 N–H and O–H groups in total. The van der Waals surface area contributed by atoms with E-state index in [0.717, 1.165) is 11.1 Å². The molecule has 1 unspecified atom stereocenters. The van der Waals surface area contributed by atoms with Gasteiger partial charge in [0, 0.05) is 46.0 Å². The maximum absolute atomic E-state index is 16.4. The van der Waals surface area contributed by atoms with Crippen molar-refractivity contribution in [2.45, 2.75) is 62.7 Å². The number of aromatic nitrogens is 3. The summed E-state index contributed by atoms with van der Waals surface area (Å²) in [5.74, 6) is -1.31. The first-order valence-electron chi connectivity index (χ1n) is 17.5. The van der Waals surface area contributed by atoms with E-state index in [0.29, 0.717) is 46.2 Å². The van der Waals surface area contributed by atoms with Crippen molar-refractivity contribution in [1.29, 1.82) is 0 Å². The standard InChI is InChI=1S/C40H41ClFN5O4Si/c1-26-37(52(2,3)42)36(19-20-46-24-34(44-45-46)32(25-48)28-12-6-4-7-13-28)51-40(26)33-22-30(41)17-18-35(33)47(39(40)50)23-27-11-10-16-31(21-27)43-38(49)29-14-8-5-9-15-29/h4-18,21-22,24,26,32,36-37,48H,19-20,23,25H2,1-3H3,(H,43,49)/t26-,32?,36+,37-,40+/m1/s1. The lowest BCUT2D eigenvalue weighted by atomic mass is 9.82. The van der Waals surface area contributed by atoms with Crippen LogP contribution in [0.3, 0.4) is 0 Å². The van der Waals surface area contributed by atoms with Crippen molar-refractivity contribution in [1.82, 2.24) is 15.0 Å². The van der Waals surface area contributed by atoms with E-state index in [1.807, 2.05) is 85.9 Å². The maximum Gasteiger partial charge on any atom is 0.264 e. The average molecular weight is 738 g/mol. The van der Waals surface area contributed by atoms with E-state index in [2.05, 4.69) is 15.6 Å². The van der Waals surface area contributed by atoms with Gasteiger partial charge in [0.2, 0.25) is 8.41 Å². The van der Waals surface area contributed by atoms with Crippen LogP contribution in [0.15, 0.2) is 109 Å². The summed E-state index contributed by atoms with van der Waals surface area (Å²) in [6.45, 7) is 5.75. The SMILES string of the molecule is C[C@@H]1[C@@H]([Si](C)(C)F)[C@H](CCn2cc(C(CO)c3ccccc3)nn2)O[C@@]12C(=O)N(Cc1cccc(NC(=O)c3ccccc3)c1)c1ccc(Cl)cc12. The van der Waals surface area contributed by atoms with Crippen LogP contribution in [-0.2, 0) is 28.2 Å². The van der Waals surface area contributed by atoms with Crippen LogP contribution in [0.5, 0.6) is 0 Å². The molecule has 268 valence electrons. The van der Waals surface area contributed by atoms with E-state index in [9.17, 15) is 14.7 Å². The van der Waals surface area contributed by atoms with Crippen LogP contribution in [0.25, 0.3) is 0 Å². The summed E-state index contributed by atoms with van der Waals surface area (Å²) >= 11 is 6.57. The Kier molecular flexibility index (Phi) is 9.88. The fourth-order valence-electron chi connectivity index (χ4n) is 8.07. The molecule has 2 aliphatic heterocycles. The summed E-state index contributed by atoms with van der Waals surface area (Å²) in [6, 6.07) is 31.3. The molecule has 1 fully saturated rings. The van der Waals surface area contributed by atoms with E-state index in [1.54, 1.807) is 53.0 Å². The normalized spacial score (nSPS) is 21.8. The third kappa shape index (κ3) is 6.69. The maximum atomic E-state index is 16.4. The summed E-state index contributed by atoms with van der Waals surface area (Å²) in [5.41, 5.74) is 2.87. The van der Waals surface area contributed by atoms with Crippen LogP contribution >= 0.6 is 11.6 Å². The number of nitrogens with zero attached hydrogens (tertiary/aromatic N) is 4. The number of hydrogen-bond donors (Lipinski definition) is 2. The average Bonchev–Trinajstić information content (AvgIpc) is 3.79. The minimum atomic E-state index is -3.40. The molecule has 9 nitrogen and oxygen atoms in total. The molecule has 4 aromatic carbocycles. The zero-order chi connectivity index (χ0) is 36.6. The van der Waals surface area contributed by atoms with Gasteiger partial charge in [0.25, 0.3) is 11.8 Å². The Morgan fingerprint density at radius 2 is 1.77 bits per heavy atom.